The molecule has 0 fully saturated rings. The lowest BCUT2D eigenvalue weighted by molar-refractivity contribution is -0.127. The van der Waals surface area contributed by atoms with E-state index < -0.39 is 16.2 Å². The molecule has 7 nitrogen and oxygen atoms in total. The first-order valence-electron chi connectivity index (χ1n) is 11.1. The van der Waals surface area contributed by atoms with Crippen LogP contribution in [0.5, 0.6) is 0 Å². The van der Waals surface area contributed by atoms with E-state index in [0.717, 1.165) is 11.1 Å². The van der Waals surface area contributed by atoms with Crippen molar-refractivity contribution in [2.24, 2.45) is 5.92 Å². The van der Waals surface area contributed by atoms with E-state index in [-0.39, 0.29) is 43.1 Å². The Morgan fingerprint density at radius 3 is 2.18 bits per heavy atom. The normalized spacial score (nSPS) is 12.3. The molecule has 0 aromatic heterocycles. The van der Waals surface area contributed by atoms with Gasteiger partial charge in [0.15, 0.2) is 0 Å². The molecule has 2 N–H and O–H groups in total. The van der Waals surface area contributed by atoms with Crippen molar-refractivity contribution in [1.82, 2.24) is 10.6 Å². The Balaban J connectivity index is 1.88. The van der Waals surface area contributed by atoms with Crippen molar-refractivity contribution in [3.63, 3.8) is 0 Å². The molecule has 0 aliphatic heterocycles. The average Bonchev–Trinajstić information content (AvgIpc) is 2.80. The van der Waals surface area contributed by atoms with Gasteiger partial charge in [-0.25, -0.2) is 0 Å². The molecule has 2 aromatic rings. The van der Waals surface area contributed by atoms with Gasteiger partial charge in [0.1, 0.15) is 6.04 Å². The van der Waals surface area contributed by atoms with E-state index in [1.165, 1.54) is 6.42 Å². The quantitative estimate of drug-likeness (QED) is 0.324. The van der Waals surface area contributed by atoms with Crippen molar-refractivity contribution in [2.75, 3.05) is 18.9 Å². The summed E-state index contributed by atoms with van der Waals surface area (Å²) in [5, 5.41) is 5.51. The van der Waals surface area contributed by atoms with Crippen molar-refractivity contribution in [1.29, 1.82) is 0 Å². The molecule has 0 heterocycles. The second kappa shape index (κ2) is 13.7. The zero-order chi connectivity index (χ0) is 24.1. The number of amides is 2. The number of hydrogen-bond donors (Lipinski definition) is 2. The number of rotatable bonds is 14. The Labute approximate surface area is 197 Å². The van der Waals surface area contributed by atoms with Crippen molar-refractivity contribution in [3.8, 4) is 0 Å². The molecule has 0 aliphatic rings. The van der Waals surface area contributed by atoms with Crippen LogP contribution >= 0.6 is 0 Å². The summed E-state index contributed by atoms with van der Waals surface area (Å²) >= 11 is 0. The van der Waals surface area contributed by atoms with Gasteiger partial charge in [0.25, 0.3) is 10.1 Å². The van der Waals surface area contributed by atoms with Gasteiger partial charge >= 0.3 is 0 Å². The molecule has 2 aromatic carbocycles. The maximum absolute atomic E-state index is 12.8. The molecule has 8 heteroatoms. The maximum atomic E-state index is 12.8. The predicted molar refractivity (Wildman–Crippen MR) is 129 cm³/mol. The molecule has 0 saturated heterocycles. The van der Waals surface area contributed by atoms with Crippen LogP contribution in [0.4, 0.5) is 0 Å². The van der Waals surface area contributed by atoms with Gasteiger partial charge in [-0.1, -0.05) is 74.5 Å². The fourth-order valence-electron chi connectivity index (χ4n) is 3.00. The fraction of sp³-hybridized carbons (Fsp3) is 0.400. The highest BCUT2D eigenvalue weighted by Crippen LogP contribution is 2.06. The van der Waals surface area contributed by atoms with Crippen LogP contribution in [0.3, 0.4) is 0 Å². The van der Waals surface area contributed by atoms with Crippen molar-refractivity contribution in [2.45, 2.75) is 39.2 Å². The van der Waals surface area contributed by atoms with Gasteiger partial charge in [-0.05, 0) is 29.9 Å². The molecule has 2 rings (SSSR count). The molecule has 0 spiro atoms. The predicted octanol–water partition coefficient (Wildman–Crippen LogP) is 2.67. The summed E-state index contributed by atoms with van der Waals surface area (Å²) in [5.41, 5.74) is 1.91. The highest BCUT2D eigenvalue weighted by Gasteiger charge is 2.21. The van der Waals surface area contributed by atoms with E-state index in [1.54, 1.807) is 0 Å². The van der Waals surface area contributed by atoms with Gasteiger partial charge in [0, 0.05) is 13.0 Å². The molecule has 2 amide bonds. The summed E-state index contributed by atoms with van der Waals surface area (Å²) < 4.78 is 28.7. The van der Waals surface area contributed by atoms with E-state index in [2.05, 4.69) is 10.6 Å². The van der Waals surface area contributed by atoms with Gasteiger partial charge in [-0.3, -0.25) is 13.8 Å². The number of carbonyl (C=O) groups is 2. The van der Waals surface area contributed by atoms with Crippen molar-refractivity contribution in [3.05, 3.63) is 78.2 Å². The molecule has 0 aliphatic carbocycles. The van der Waals surface area contributed by atoms with Gasteiger partial charge in [-0.2, -0.15) is 8.42 Å². The minimum atomic E-state index is -3.62. The van der Waals surface area contributed by atoms with Crippen molar-refractivity contribution >= 4 is 21.9 Å². The van der Waals surface area contributed by atoms with Gasteiger partial charge in [0.05, 0.1) is 18.8 Å². The van der Waals surface area contributed by atoms with Crippen LogP contribution in [0.25, 0.3) is 0 Å². The second-order valence-electron chi connectivity index (χ2n) is 8.23. The summed E-state index contributed by atoms with van der Waals surface area (Å²) in [6, 6.07) is 18.2. The highest BCUT2D eigenvalue weighted by atomic mass is 32.2. The standard InChI is InChI=1S/C25H33N2O5S/c1-20(2)19-32-33(30,31)17-9-16-26-25(29)23(18-22-12-7-4-8-13-22)27-24(28)15-14-21-10-5-3-6-11-21/h3-8,10-13,15,20,23H,9,14,16-19H2,1-2H3,(H,26,29)(H,27,28)/t23-/m0/s1. The van der Waals surface area contributed by atoms with E-state index in [9.17, 15) is 18.0 Å². The van der Waals surface area contributed by atoms with Gasteiger partial charge in [0.2, 0.25) is 11.8 Å². The molecule has 179 valence electrons. The van der Waals surface area contributed by atoms with Gasteiger partial charge in [-0.15, -0.1) is 0 Å². The minimum Gasteiger partial charge on any atom is -0.354 e. The second-order valence-corrected chi connectivity index (χ2v) is 9.99. The molecular formula is C25H33N2O5S. The first-order valence-corrected chi connectivity index (χ1v) is 12.7. The van der Waals surface area contributed by atoms with Crippen LogP contribution in [-0.4, -0.2) is 45.2 Å². The lowest BCUT2D eigenvalue weighted by atomic mass is 10.0. The fourth-order valence-corrected chi connectivity index (χ4v) is 4.09. The smallest absolute Gasteiger partial charge is 0.267 e. The van der Waals surface area contributed by atoms with Crippen LogP contribution in [0.15, 0.2) is 60.7 Å². The third kappa shape index (κ3) is 11.1. The Bertz CT molecular complexity index is 963. The Morgan fingerprint density at radius 2 is 1.58 bits per heavy atom. The molecule has 0 bridgehead atoms. The first kappa shape index (κ1) is 26.5. The zero-order valence-electron chi connectivity index (χ0n) is 19.2. The Kier molecular flexibility index (Phi) is 11.1. The Morgan fingerprint density at radius 1 is 0.970 bits per heavy atom. The van der Waals surface area contributed by atoms with E-state index in [4.69, 9.17) is 4.18 Å². The summed E-state index contributed by atoms with van der Waals surface area (Å²) in [7, 11) is -3.62. The minimum absolute atomic E-state index is 0.112. The first-order chi connectivity index (χ1) is 15.7. The summed E-state index contributed by atoms with van der Waals surface area (Å²) in [4.78, 5) is 25.2. The van der Waals surface area contributed by atoms with Crippen molar-refractivity contribution < 1.29 is 22.2 Å². The van der Waals surface area contributed by atoms with Crippen LogP contribution in [0.2, 0.25) is 0 Å². The molecule has 0 unspecified atom stereocenters. The zero-order valence-corrected chi connectivity index (χ0v) is 20.0. The van der Waals surface area contributed by atoms with Gasteiger partial charge < -0.3 is 10.6 Å². The van der Waals surface area contributed by atoms with E-state index in [0.29, 0.717) is 12.8 Å². The third-order valence-corrected chi connectivity index (χ3v) is 6.02. The monoisotopic (exact) mass is 473 g/mol. The number of hydrogen-bond acceptors (Lipinski definition) is 5. The number of benzene rings is 2. The molecule has 1 atom stereocenters. The number of nitrogens with one attached hydrogen (secondary N) is 2. The molecule has 0 saturated carbocycles. The number of carbonyl (C=O) groups excluding carboxylic acids is 2. The highest BCUT2D eigenvalue weighted by molar-refractivity contribution is 7.86. The average molecular weight is 474 g/mol. The summed E-state index contributed by atoms with van der Waals surface area (Å²) in [6.45, 7) is 4.04. The van der Waals surface area contributed by atoms with Crippen LogP contribution < -0.4 is 10.6 Å². The van der Waals surface area contributed by atoms with Crippen LogP contribution in [0, 0.1) is 12.3 Å². The summed E-state index contributed by atoms with van der Waals surface area (Å²) in [5.74, 6) is -0.762. The Hall–Kier alpha value is -2.71. The maximum Gasteiger partial charge on any atom is 0.267 e. The molecule has 33 heavy (non-hydrogen) atoms. The van der Waals surface area contributed by atoms with E-state index in [1.807, 2.05) is 74.5 Å². The lowest BCUT2D eigenvalue weighted by Gasteiger charge is -2.19. The third-order valence-electron chi connectivity index (χ3n) is 4.73. The SMILES string of the molecule is CC(C)COS(=O)(=O)CCCNC(=O)[C@H](Cc1ccccc1)NC(=O)[CH]Cc1ccccc1. The molecule has 1 radical (unpaired) electrons. The van der Waals surface area contributed by atoms with Crippen LogP contribution in [-0.2, 0) is 36.7 Å². The lowest BCUT2D eigenvalue weighted by Crippen LogP contribution is -2.48. The largest absolute Gasteiger partial charge is 0.354 e. The topological polar surface area (TPSA) is 102 Å². The molecular weight excluding hydrogens is 440 g/mol. The van der Waals surface area contributed by atoms with Crippen LogP contribution in [0.1, 0.15) is 31.4 Å². The summed E-state index contributed by atoms with van der Waals surface area (Å²) in [6.07, 6.45) is 2.52. The van der Waals surface area contributed by atoms with E-state index >= 15 is 0 Å².